The van der Waals surface area contributed by atoms with Crippen LogP contribution in [0.5, 0.6) is 0 Å². The second-order valence-electron chi connectivity index (χ2n) is 6.35. The van der Waals surface area contributed by atoms with Gasteiger partial charge in [0.15, 0.2) is 0 Å². The van der Waals surface area contributed by atoms with Crippen molar-refractivity contribution in [3.8, 4) is 0 Å². The minimum absolute atomic E-state index is 0.000849. The monoisotopic (exact) mass is 308 g/mol. The predicted octanol–water partition coefficient (Wildman–Crippen LogP) is 3.87. The zero-order valence-electron chi connectivity index (χ0n) is 14.1. The van der Waals surface area contributed by atoms with Crippen LogP contribution in [0.3, 0.4) is 0 Å². The lowest BCUT2D eigenvalue weighted by Crippen LogP contribution is -2.48. The van der Waals surface area contributed by atoms with E-state index in [0.717, 1.165) is 6.42 Å². The van der Waals surface area contributed by atoms with Crippen molar-refractivity contribution >= 4 is 15.5 Å². The second kappa shape index (κ2) is 8.07. The Labute approximate surface area is 125 Å². The summed E-state index contributed by atoms with van der Waals surface area (Å²) in [7, 11) is -0.000849. The Morgan fingerprint density at radius 3 is 1.95 bits per heavy atom. The molecule has 1 unspecified atom stereocenters. The molecule has 0 aromatic carbocycles. The molecule has 0 aromatic rings. The van der Waals surface area contributed by atoms with E-state index in [1.807, 2.05) is 34.6 Å². The van der Waals surface area contributed by atoms with Gasteiger partial charge in [0.25, 0.3) is 0 Å². The van der Waals surface area contributed by atoms with E-state index >= 15 is 0 Å². The zero-order valence-corrected chi connectivity index (χ0v) is 15.1. The molecule has 0 rings (SSSR count). The Hall–Kier alpha value is 0.295. The molecule has 0 aromatic heterocycles. The molecule has 0 heterocycles. The molecule has 0 saturated heterocycles. The zero-order chi connectivity index (χ0) is 16.0. The van der Waals surface area contributed by atoms with Gasteiger partial charge >= 0.3 is 6.84 Å². The minimum Gasteiger partial charge on any atom is -0.406 e. The van der Waals surface area contributed by atoms with Crippen LogP contribution in [0.25, 0.3) is 0 Å². The Bertz CT molecular complexity index is 284. The summed E-state index contributed by atoms with van der Waals surface area (Å²) < 4.78 is 17.4. The highest BCUT2D eigenvalue weighted by Crippen LogP contribution is 2.37. The van der Waals surface area contributed by atoms with E-state index in [2.05, 4.69) is 11.8 Å². The summed E-state index contributed by atoms with van der Waals surface area (Å²) in [4.78, 5) is 4.51. The molecule has 5 nitrogen and oxygen atoms in total. The van der Waals surface area contributed by atoms with Gasteiger partial charge < -0.3 is 13.8 Å². The van der Waals surface area contributed by atoms with Crippen molar-refractivity contribution in [3.05, 3.63) is 0 Å². The summed E-state index contributed by atoms with van der Waals surface area (Å²) in [6.45, 7) is 15.4. The van der Waals surface area contributed by atoms with Gasteiger partial charge in [-0.15, -0.1) is 0 Å². The molecule has 0 spiro atoms. The van der Waals surface area contributed by atoms with Crippen molar-refractivity contribution in [1.82, 2.24) is 0 Å². The first-order valence-corrected chi connectivity index (χ1v) is 8.05. The van der Waals surface area contributed by atoms with Gasteiger partial charge in [0.2, 0.25) is 0 Å². The van der Waals surface area contributed by atoms with Crippen LogP contribution < -0.4 is 0 Å². The van der Waals surface area contributed by atoms with Gasteiger partial charge in [-0.25, -0.2) is 4.89 Å². The fourth-order valence-electron chi connectivity index (χ4n) is 1.04. The summed E-state index contributed by atoms with van der Waals surface area (Å²) in [6, 6.07) is 0. The van der Waals surface area contributed by atoms with Crippen LogP contribution in [0, 0.1) is 0 Å². The number of rotatable bonds is 10. The molecule has 1 N–H and O–H groups in total. The van der Waals surface area contributed by atoms with Crippen molar-refractivity contribution in [2.24, 2.45) is 0 Å². The summed E-state index contributed by atoms with van der Waals surface area (Å²) in [5, 5.41) is 8.98. The molecule has 120 valence electrons. The average molecular weight is 308 g/mol. The fraction of sp³-hybridized carbons (Fsp3) is 1.00. The van der Waals surface area contributed by atoms with Crippen molar-refractivity contribution < 1.29 is 24.0 Å². The molecule has 0 radical (unpaired) electrons. The van der Waals surface area contributed by atoms with E-state index in [-0.39, 0.29) is 14.3 Å². The smallest absolute Gasteiger partial charge is 0.406 e. The van der Waals surface area contributed by atoms with E-state index in [9.17, 15) is 0 Å². The van der Waals surface area contributed by atoms with Crippen LogP contribution in [-0.4, -0.2) is 35.5 Å². The molecule has 0 aliphatic rings. The molecule has 0 saturated carbocycles. The van der Waals surface area contributed by atoms with Gasteiger partial charge in [-0.3, -0.25) is 5.26 Å². The van der Waals surface area contributed by atoms with Gasteiger partial charge in [-0.1, -0.05) is 6.92 Å². The molecular weight excluding hydrogens is 278 g/mol. The first kappa shape index (κ1) is 20.3. The molecule has 0 aliphatic carbocycles. The van der Waals surface area contributed by atoms with E-state index in [4.69, 9.17) is 19.1 Å². The molecule has 1 atom stereocenters. The van der Waals surface area contributed by atoms with Crippen LogP contribution >= 0.6 is 8.69 Å². The maximum atomic E-state index is 8.98. The third-order valence-electron chi connectivity index (χ3n) is 3.68. The summed E-state index contributed by atoms with van der Waals surface area (Å²) >= 11 is 0. The second-order valence-corrected chi connectivity index (χ2v) is 7.26. The summed E-state index contributed by atoms with van der Waals surface area (Å²) in [6.07, 6.45) is 0.885. The van der Waals surface area contributed by atoms with Crippen LogP contribution in [-0.2, 0) is 18.7 Å². The third kappa shape index (κ3) is 6.38. The van der Waals surface area contributed by atoms with E-state index in [1.165, 1.54) is 0 Å². The van der Waals surface area contributed by atoms with Crippen molar-refractivity contribution in [2.45, 2.75) is 78.6 Å². The minimum atomic E-state index is -0.822. The highest BCUT2D eigenvalue weighted by atomic mass is 31.1. The maximum absolute atomic E-state index is 8.98. The normalized spacial score (nSPS) is 14.2. The predicted molar refractivity (Wildman–Crippen MR) is 84.1 cm³/mol. The lowest BCUT2D eigenvalue weighted by atomic mass is 9.90. The SMILES string of the molecule is CCOB(OC(C)(C)CC)POC(C)(C)C(C)(C)OO. The molecular formula is C13H30BO5P. The number of hydrogen-bond donors (Lipinski definition) is 1. The van der Waals surface area contributed by atoms with E-state index in [0.29, 0.717) is 6.61 Å². The standard InChI is InChI=1S/C13H30BO5P/c1-9-11(3,4)17-14(16-10-2)20-19-13(7,8)12(5,6)18-15/h15,20H,9-10H2,1-8H3. The molecule has 7 heteroatoms. The quantitative estimate of drug-likeness (QED) is 0.287. The van der Waals surface area contributed by atoms with E-state index in [1.54, 1.807) is 13.8 Å². The van der Waals surface area contributed by atoms with Gasteiger partial charge in [0, 0.05) is 20.9 Å². The Kier molecular flexibility index (Phi) is 8.19. The first-order valence-electron chi connectivity index (χ1n) is 7.07. The fourth-order valence-corrected chi connectivity index (χ4v) is 2.28. The van der Waals surface area contributed by atoms with Crippen LogP contribution in [0.2, 0.25) is 0 Å². The van der Waals surface area contributed by atoms with Crippen molar-refractivity contribution in [2.75, 3.05) is 6.61 Å². The van der Waals surface area contributed by atoms with Crippen LogP contribution in [0.15, 0.2) is 0 Å². The Morgan fingerprint density at radius 2 is 1.55 bits per heavy atom. The maximum Gasteiger partial charge on any atom is 0.512 e. The first-order chi connectivity index (χ1) is 9.01. The highest BCUT2D eigenvalue weighted by Gasteiger charge is 2.42. The van der Waals surface area contributed by atoms with Gasteiger partial charge in [0.1, 0.15) is 5.60 Å². The van der Waals surface area contributed by atoms with Gasteiger partial charge in [-0.05, 0) is 54.9 Å². The van der Waals surface area contributed by atoms with Gasteiger partial charge in [-0.2, -0.15) is 0 Å². The van der Waals surface area contributed by atoms with E-state index < -0.39 is 18.0 Å². The topological polar surface area (TPSA) is 57.2 Å². The lowest BCUT2D eigenvalue weighted by molar-refractivity contribution is -0.343. The molecule has 0 fully saturated rings. The molecule has 0 bridgehead atoms. The molecule has 20 heavy (non-hydrogen) atoms. The Morgan fingerprint density at radius 1 is 1.00 bits per heavy atom. The van der Waals surface area contributed by atoms with Gasteiger partial charge in [0.05, 0.1) is 5.60 Å². The Balaban J connectivity index is 4.62. The van der Waals surface area contributed by atoms with Crippen molar-refractivity contribution in [1.29, 1.82) is 0 Å². The largest absolute Gasteiger partial charge is 0.512 e. The van der Waals surface area contributed by atoms with Crippen molar-refractivity contribution in [3.63, 3.8) is 0 Å². The molecule has 0 amide bonds. The third-order valence-corrected chi connectivity index (χ3v) is 4.79. The highest BCUT2D eigenvalue weighted by molar-refractivity contribution is 7.69. The summed E-state index contributed by atoms with van der Waals surface area (Å²) in [5.41, 5.74) is -1.75. The van der Waals surface area contributed by atoms with Crippen LogP contribution in [0.1, 0.15) is 61.8 Å². The van der Waals surface area contributed by atoms with Crippen LogP contribution in [0.4, 0.5) is 0 Å². The molecule has 0 aliphatic heterocycles. The lowest BCUT2D eigenvalue weighted by Gasteiger charge is -2.39. The number of hydrogen-bond acceptors (Lipinski definition) is 5. The average Bonchev–Trinajstić information content (AvgIpc) is 2.36. The summed E-state index contributed by atoms with van der Waals surface area (Å²) in [5.74, 6) is 0.